The van der Waals surface area contributed by atoms with Crippen molar-refractivity contribution in [2.45, 2.75) is 0 Å². The summed E-state index contributed by atoms with van der Waals surface area (Å²) < 4.78 is 4.93. The van der Waals surface area contributed by atoms with Crippen molar-refractivity contribution in [3.05, 3.63) is 26.7 Å². The quantitative estimate of drug-likeness (QED) is 0.642. The molecule has 0 heterocycles. The topological polar surface area (TPSA) is 72.6 Å². The molecule has 0 saturated carbocycles. The van der Waals surface area contributed by atoms with Crippen LogP contribution in [0.2, 0.25) is 0 Å². The molecule has 6 heteroatoms. The van der Waals surface area contributed by atoms with Crippen molar-refractivity contribution in [3.8, 4) is 11.5 Å². The highest BCUT2D eigenvalue weighted by Crippen LogP contribution is 2.40. The smallest absolute Gasteiger partial charge is 0.328 e. The minimum absolute atomic E-state index is 0.0786. The molecule has 0 unspecified atom stereocenters. The van der Waals surface area contributed by atoms with Gasteiger partial charge in [0.05, 0.1) is 16.5 Å². The lowest BCUT2D eigenvalue weighted by Crippen LogP contribution is -1.92. The number of halogens is 1. The molecular weight excluding hydrogens is 242 g/mol. The summed E-state index contributed by atoms with van der Waals surface area (Å²) in [5, 5.41) is 19.8. The molecule has 0 aromatic heterocycles. The Balaban J connectivity index is 3.38. The van der Waals surface area contributed by atoms with E-state index in [0.29, 0.717) is 0 Å². The molecule has 0 aliphatic rings. The SMILES string of the molecule is COc1ccc(Br)c([N+](=O)[O-])c1O. The number of nitro benzene ring substituents is 1. The molecule has 1 aromatic carbocycles. The summed E-state index contributed by atoms with van der Waals surface area (Å²) in [4.78, 5) is 9.79. The van der Waals surface area contributed by atoms with Crippen molar-refractivity contribution in [1.29, 1.82) is 0 Å². The molecule has 1 rings (SSSR count). The van der Waals surface area contributed by atoms with Gasteiger partial charge in [0, 0.05) is 0 Å². The molecule has 0 aliphatic heterocycles. The molecular formula is C7H6BrNO4. The summed E-state index contributed by atoms with van der Waals surface area (Å²) in [7, 11) is 1.33. The van der Waals surface area contributed by atoms with Crippen molar-refractivity contribution in [2.24, 2.45) is 0 Å². The maximum absolute atomic E-state index is 10.5. The lowest BCUT2D eigenvalue weighted by molar-refractivity contribution is -0.386. The first kappa shape index (κ1) is 9.79. The Bertz CT molecular complexity index is 353. The maximum atomic E-state index is 10.5. The maximum Gasteiger partial charge on any atom is 0.328 e. The van der Waals surface area contributed by atoms with Crippen LogP contribution < -0.4 is 4.74 Å². The average molecular weight is 248 g/mol. The van der Waals surface area contributed by atoms with E-state index < -0.39 is 10.7 Å². The van der Waals surface area contributed by atoms with Gasteiger partial charge in [0.15, 0.2) is 5.75 Å². The van der Waals surface area contributed by atoms with Gasteiger partial charge in [-0.05, 0) is 28.1 Å². The number of aromatic hydroxyl groups is 1. The zero-order chi connectivity index (χ0) is 10.0. The average Bonchev–Trinajstić information content (AvgIpc) is 2.04. The highest BCUT2D eigenvalue weighted by Gasteiger charge is 2.21. The summed E-state index contributed by atoms with van der Waals surface area (Å²) in [6, 6.07) is 2.88. The van der Waals surface area contributed by atoms with E-state index in [0.717, 1.165) is 0 Å². The van der Waals surface area contributed by atoms with Gasteiger partial charge < -0.3 is 9.84 Å². The standard InChI is InChI=1S/C7H6BrNO4/c1-13-5-3-2-4(8)6(7(5)10)9(11)12/h2-3,10H,1H3. The molecule has 13 heavy (non-hydrogen) atoms. The van der Waals surface area contributed by atoms with E-state index in [1.54, 1.807) is 0 Å². The molecule has 0 spiro atoms. The van der Waals surface area contributed by atoms with E-state index in [-0.39, 0.29) is 15.9 Å². The molecule has 70 valence electrons. The van der Waals surface area contributed by atoms with E-state index in [2.05, 4.69) is 15.9 Å². The fourth-order valence-corrected chi connectivity index (χ4v) is 1.34. The Labute approximate surface area is 82.2 Å². The molecule has 0 fully saturated rings. The van der Waals surface area contributed by atoms with Crippen molar-refractivity contribution >= 4 is 21.6 Å². The van der Waals surface area contributed by atoms with Gasteiger partial charge in [-0.1, -0.05) is 0 Å². The molecule has 0 aliphatic carbocycles. The highest BCUT2D eigenvalue weighted by atomic mass is 79.9. The Kier molecular flexibility index (Phi) is 2.72. The number of nitro groups is 1. The second-order valence-corrected chi connectivity index (χ2v) is 3.06. The summed E-state index contributed by atoms with van der Waals surface area (Å²) in [5.74, 6) is -0.392. The number of phenolic OH excluding ortho intramolecular Hbond substituents is 1. The lowest BCUT2D eigenvalue weighted by atomic mass is 10.3. The van der Waals surface area contributed by atoms with Crippen LogP contribution in [0, 0.1) is 10.1 Å². The largest absolute Gasteiger partial charge is 0.499 e. The Morgan fingerprint density at radius 1 is 1.62 bits per heavy atom. The molecule has 0 saturated heterocycles. The summed E-state index contributed by atoms with van der Waals surface area (Å²) in [6.45, 7) is 0. The molecule has 0 atom stereocenters. The van der Waals surface area contributed by atoms with E-state index in [4.69, 9.17) is 4.74 Å². The normalized spacial score (nSPS) is 9.69. The van der Waals surface area contributed by atoms with E-state index >= 15 is 0 Å². The molecule has 0 bridgehead atoms. The molecule has 0 amide bonds. The number of benzene rings is 1. The van der Waals surface area contributed by atoms with Crippen LogP contribution in [0.1, 0.15) is 0 Å². The molecule has 0 radical (unpaired) electrons. The third-order valence-electron chi connectivity index (χ3n) is 1.47. The molecule has 5 nitrogen and oxygen atoms in total. The Morgan fingerprint density at radius 2 is 2.23 bits per heavy atom. The third-order valence-corrected chi connectivity index (χ3v) is 2.11. The first-order chi connectivity index (χ1) is 6.07. The monoisotopic (exact) mass is 247 g/mol. The number of phenols is 1. The number of methoxy groups -OCH3 is 1. The van der Waals surface area contributed by atoms with Gasteiger partial charge >= 0.3 is 5.69 Å². The first-order valence-electron chi connectivity index (χ1n) is 3.27. The third kappa shape index (κ3) is 1.72. The number of nitrogens with zero attached hydrogens (tertiary/aromatic N) is 1. The van der Waals surface area contributed by atoms with E-state index in [1.807, 2.05) is 0 Å². The summed E-state index contributed by atoms with van der Waals surface area (Å²) in [5.41, 5.74) is -0.389. The van der Waals surface area contributed by atoms with Gasteiger partial charge in [0.2, 0.25) is 5.75 Å². The zero-order valence-electron chi connectivity index (χ0n) is 6.65. The number of ether oxygens (including phenoxy) is 1. The van der Waals surface area contributed by atoms with Crippen LogP contribution in [0.15, 0.2) is 16.6 Å². The van der Waals surface area contributed by atoms with Crippen molar-refractivity contribution < 1.29 is 14.8 Å². The Hall–Kier alpha value is -1.30. The van der Waals surface area contributed by atoms with Gasteiger partial charge in [-0.15, -0.1) is 0 Å². The number of rotatable bonds is 2. The number of hydrogen-bond donors (Lipinski definition) is 1. The van der Waals surface area contributed by atoms with Gasteiger partial charge in [0.1, 0.15) is 0 Å². The van der Waals surface area contributed by atoms with Gasteiger partial charge in [-0.25, -0.2) is 0 Å². The lowest BCUT2D eigenvalue weighted by Gasteiger charge is -2.03. The van der Waals surface area contributed by atoms with Crippen LogP contribution in [-0.2, 0) is 0 Å². The minimum atomic E-state index is -0.679. The predicted molar refractivity (Wildman–Crippen MR) is 49.0 cm³/mol. The van der Waals surface area contributed by atoms with Gasteiger partial charge in [-0.3, -0.25) is 10.1 Å². The van der Waals surface area contributed by atoms with Crippen LogP contribution in [0.5, 0.6) is 11.5 Å². The van der Waals surface area contributed by atoms with Crippen LogP contribution in [-0.4, -0.2) is 17.1 Å². The Morgan fingerprint density at radius 3 is 2.69 bits per heavy atom. The fraction of sp³-hybridized carbons (Fsp3) is 0.143. The van der Waals surface area contributed by atoms with Crippen molar-refractivity contribution in [2.75, 3.05) is 7.11 Å². The first-order valence-corrected chi connectivity index (χ1v) is 4.07. The van der Waals surface area contributed by atoms with Crippen molar-refractivity contribution in [1.82, 2.24) is 0 Å². The number of hydrogen-bond acceptors (Lipinski definition) is 4. The second kappa shape index (κ2) is 3.61. The van der Waals surface area contributed by atoms with Gasteiger partial charge in [-0.2, -0.15) is 0 Å². The van der Waals surface area contributed by atoms with Crippen molar-refractivity contribution in [3.63, 3.8) is 0 Å². The van der Waals surface area contributed by atoms with E-state index in [1.165, 1.54) is 19.2 Å². The molecule has 1 N–H and O–H groups in total. The minimum Gasteiger partial charge on any atom is -0.499 e. The fourth-order valence-electron chi connectivity index (χ4n) is 0.875. The van der Waals surface area contributed by atoms with Crippen LogP contribution in [0.25, 0.3) is 0 Å². The summed E-state index contributed by atoms with van der Waals surface area (Å²) >= 11 is 2.95. The zero-order valence-corrected chi connectivity index (χ0v) is 8.24. The van der Waals surface area contributed by atoms with Gasteiger partial charge in [0.25, 0.3) is 0 Å². The van der Waals surface area contributed by atoms with Crippen LogP contribution in [0.4, 0.5) is 5.69 Å². The van der Waals surface area contributed by atoms with Crippen LogP contribution >= 0.6 is 15.9 Å². The second-order valence-electron chi connectivity index (χ2n) is 2.20. The summed E-state index contributed by atoms with van der Waals surface area (Å²) in [6.07, 6.45) is 0. The van der Waals surface area contributed by atoms with Crippen LogP contribution in [0.3, 0.4) is 0 Å². The predicted octanol–water partition coefficient (Wildman–Crippen LogP) is 2.07. The molecule has 1 aromatic rings. The van der Waals surface area contributed by atoms with E-state index in [9.17, 15) is 15.2 Å². The highest BCUT2D eigenvalue weighted by molar-refractivity contribution is 9.10.